The van der Waals surface area contributed by atoms with E-state index in [4.69, 9.17) is 4.74 Å². The van der Waals surface area contributed by atoms with E-state index in [1.165, 1.54) is 0 Å². The third-order valence-electron chi connectivity index (χ3n) is 1.46. The first-order chi connectivity index (χ1) is 5.13. The van der Waals surface area contributed by atoms with E-state index in [0.717, 1.165) is 0 Å². The van der Waals surface area contributed by atoms with Crippen molar-refractivity contribution in [2.75, 3.05) is 13.7 Å². The SMILES string of the molecule is CCOC(C(=O)NC)C(C)C. The zero-order chi connectivity index (χ0) is 8.85. The molecule has 0 saturated heterocycles. The monoisotopic (exact) mass is 159 g/mol. The second-order valence-corrected chi connectivity index (χ2v) is 2.73. The number of carbonyl (C=O) groups excluding carboxylic acids is 1. The van der Waals surface area contributed by atoms with E-state index in [1.54, 1.807) is 7.05 Å². The van der Waals surface area contributed by atoms with Crippen molar-refractivity contribution in [2.45, 2.75) is 26.9 Å². The molecule has 3 nitrogen and oxygen atoms in total. The summed E-state index contributed by atoms with van der Waals surface area (Å²) in [7, 11) is 1.62. The van der Waals surface area contributed by atoms with Gasteiger partial charge in [-0.25, -0.2) is 0 Å². The molecule has 0 fully saturated rings. The quantitative estimate of drug-likeness (QED) is 0.658. The Morgan fingerprint density at radius 3 is 2.36 bits per heavy atom. The molecule has 0 aromatic heterocycles. The zero-order valence-corrected chi connectivity index (χ0v) is 7.68. The van der Waals surface area contributed by atoms with Gasteiger partial charge in [-0.05, 0) is 12.8 Å². The molecule has 0 radical (unpaired) electrons. The minimum Gasteiger partial charge on any atom is -0.368 e. The molecular weight excluding hydrogens is 142 g/mol. The molecule has 0 aliphatic heterocycles. The minimum absolute atomic E-state index is 0.0400. The van der Waals surface area contributed by atoms with Crippen molar-refractivity contribution < 1.29 is 9.53 Å². The van der Waals surface area contributed by atoms with E-state index >= 15 is 0 Å². The van der Waals surface area contributed by atoms with E-state index in [1.807, 2.05) is 20.8 Å². The van der Waals surface area contributed by atoms with Crippen LogP contribution in [0, 0.1) is 5.92 Å². The van der Waals surface area contributed by atoms with E-state index in [-0.39, 0.29) is 17.9 Å². The molecule has 1 unspecified atom stereocenters. The van der Waals surface area contributed by atoms with Gasteiger partial charge in [0.15, 0.2) is 0 Å². The lowest BCUT2D eigenvalue weighted by Gasteiger charge is -2.18. The summed E-state index contributed by atoms with van der Waals surface area (Å²) in [5.74, 6) is 0.191. The predicted octanol–water partition coefficient (Wildman–Crippen LogP) is 0.793. The van der Waals surface area contributed by atoms with Gasteiger partial charge >= 0.3 is 0 Å². The summed E-state index contributed by atoms with van der Waals surface area (Å²) < 4.78 is 5.24. The maximum absolute atomic E-state index is 11.1. The lowest BCUT2D eigenvalue weighted by Crippen LogP contribution is -2.37. The molecule has 3 heteroatoms. The number of likely N-dealkylation sites (N-methyl/N-ethyl adjacent to an activating group) is 1. The number of ether oxygens (including phenoxy) is 1. The van der Waals surface area contributed by atoms with Gasteiger partial charge in [0.1, 0.15) is 6.10 Å². The van der Waals surface area contributed by atoms with Crippen molar-refractivity contribution >= 4 is 5.91 Å². The molecule has 1 amide bonds. The van der Waals surface area contributed by atoms with Gasteiger partial charge in [0.2, 0.25) is 5.91 Å². The molecule has 11 heavy (non-hydrogen) atoms. The fraction of sp³-hybridized carbons (Fsp3) is 0.875. The highest BCUT2D eigenvalue weighted by Crippen LogP contribution is 2.05. The Bertz CT molecular complexity index is 123. The van der Waals surface area contributed by atoms with Crippen molar-refractivity contribution in [1.82, 2.24) is 5.32 Å². The number of hydrogen-bond donors (Lipinski definition) is 1. The summed E-state index contributed by atoms with van der Waals surface area (Å²) in [6, 6.07) is 0. The molecule has 0 heterocycles. The van der Waals surface area contributed by atoms with Gasteiger partial charge in [-0.2, -0.15) is 0 Å². The lowest BCUT2D eigenvalue weighted by atomic mass is 10.1. The van der Waals surface area contributed by atoms with Crippen molar-refractivity contribution in [3.05, 3.63) is 0 Å². The highest BCUT2D eigenvalue weighted by Gasteiger charge is 2.20. The largest absolute Gasteiger partial charge is 0.368 e. The number of hydrogen-bond acceptors (Lipinski definition) is 2. The number of amides is 1. The summed E-state index contributed by atoms with van der Waals surface area (Å²) >= 11 is 0. The summed E-state index contributed by atoms with van der Waals surface area (Å²) in [6.07, 6.45) is -0.301. The Morgan fingerprint density at radius 1 is 1.55 bits per heavy atom. The Morgan fingerprint density at radius 2 is 2.09 bits per heavy atom. The van der Waals surface area contributed by atoms with Gasteiger partial charge in [-0.1, -0.05) is 13.8 Å². The van der Waals surface area contributed by atoms with E-state index < -0.39 is 0 Å². The Hall–Kier alpha value is -0.570. The molecule has 1 atom stereocenters. The maximum atomic E-state index is 11.1. The van der Waals surface area contributed by atoms with Gasteiger partial charge in [0, 0.05) is 13.7 Å². The molecule has 0 aromatic carbocycles. The molecule has 0 aliphatic rings. The Labute approximate surface area is 68.1 Å². The molecular formula is C8H17NO2. The lowest BCUT2D eigenvalue weighted by molar-refractivity contribution is -0.134. The molecule has 0 aromatic rings. The summed E-state index contributed by atoms with van der Waals surface area (Å²) in [4.78, 5) is 11.1. The van der Waals surface area contributed by atoms with Crippen LogP contribution in [0.2, 0.25) is 0 Å². The second kappa shape index (κ2) is 5.13. The van der Waals surface area contributed by atoms with Crippen molar-refractivity contribution in [3.8, 4) is 0 Å². The first-order valence-corrected chi connectivity index (χ1v) is 3.96. The van der Waals surface area contributed by atoms with Crippen molar-refractivity contribution in [2.24, 2.45) is 5.92 Å². The number of rotatable bonds is 4. The Kier molecular flexibility index (Phi) is 4.86. The molecule has 0 saturated carbocycles. The van der Waals surface area contributed by atoms with Crippen LogP contribution in [-0.4, -0.2) is 25.7 Å². The van der Waals surface area contributed by atoms with Crippen LogP contribution in [0.25, 0.3) is 0 Å². The smallest absolute Gasteiger partial charge is 0.249 e. The molecule has 0 aliphatic carbocycles. The van der Waals surface area contributed by atoms with E-state index in [0.29, 0.717) is 6.61 Å². The minimum atomic E-state index is -0.301. The summed E-state index contributed by atoms with van der Waals surface area (Å²) in [6.45, 7) is 6.40. The molecule has 0 bridgehead atoms. The third-order valence-corrected chi connectivity index (χ3v) is 1.46. The van der Waals surface area contributed by atoms with Crippen molar-refractivity contribution in [1.29, 1.82) is 0 Å². The highest BCUT2D eigenvalue weighted by atomic mass is 16.5. The second-order valence-electron chi connectivity index (χ2n) is 2.73. The zero-order valence-electron chi connectivity index (χ0n) is 7.68. The van der Waals surface area contributed by atoms with Crippen LogP contribution in [0.4, 0.5) is 0 Å². The summed E-state index contributed by atoms with van der Waals surface area (Å²) in [5.41, 5.74) is 0. The van der Waals surface area contributed by atoms with Crippen LogP contribution in [0.1, 0.15) is 20.8 Å². The normalized spacial score (nSPS) is 13.2. The average Bonchev–Trinajstić information content (AvgIpc) is 1.98. The standard InChI is InChI=1S/C8H17NO2/c1-5-11-7(6(2)3)8(10)9-4/h6-7H,5H2,1-4H3,(H,9,10). The van der Waals surface area contributed by atoms with Crippen molar-refractivity contribution in [3.63, 3.8) is 0 Å². The average molecular weight is 159 g/mol. The van der Waals surface area contributed by atoms with Gasteiger partial charge in [0.25, 0.3) is 0 Å². The van der Waals surface area contributed by atoms with E-state index in [9.17, 15) is 4.79 Å². The van der Waals surface area contributed by atoms with Crippen LogP contribution in [0.3, 0.4) is 0 Å². The molecule has 1 N–H and O–H groups in total. The van der Waals surface area contributed by atoms with Crippen LogP contribution >= 0.6 is 0 Å². The van der Waals surface area contributed by atoms with Gasteiger partial charge < -0.3 is 10.1 Å². The van der Waals surface area contributed by atoms with Crippen LogP contribution in [-0.2, 0) is 9.53 Å². The fourth-order valence-electron chi connectivity index (χ4n) is 0.893. The van der Waals surface area contributed by atoms with Gasteiger partial charge in [-0.3, -0.25) is 4.79 Å². The number of carbonyl (C=O) groups is 1. The Balaban J connectivity index is 3.98. The highest BCUT2D eigenvalue weighted by molar-refractivity contribution is 5.80. The molecule has 0 rings (SSSR count). The topological polar surface area (TPSA) is 38.3 Å². The van der Waals surface area contributed by atoms with E-state index in [2.05, 4.69) is 5.32 Å². The summed E-state index contributed by atoms with van der Waals surface area (Å²) in [5, 5.41) is 2.57. The van der Waals surface area contributed by atoms with Crippen LogP contribution in [0.15, 0.2) is 0 Å². The van der Waals surface area contributed by atoms with Gasteiger partial charge in [0.05, 0.1) is 0 Å². The first-order valence-electron chi connectivity index (χ1n) is 3.96. The van der Waals surface area contributed by atoms with Crippen LogP contribution in [0.5, 0.6) is 0 Å². The molecule has 0 spiro atoms. The molecule has 66 valence electrons. The van der Waals surface area contributed by atoms with Crippen LogP contribution < -0.4 is 5.32 Å². The number of nitrogens with one attached hydrogen (secondary N) is 1. The first kappa shape index (κ1) is 10.4. The predicted molar refractivity (Wildman–Crippen MR) is 44.3 cm³/mol. The fourth-order valence-corrected chi connectivity index (χ4v) is 0.893. The maximum Gasteiger partial charge on any atom is 0.249 e. The van der Waals surface area contributed by atoms with Gasteiger partial charge in [-0.15, -0.1) is 0 Å². The third kappa shape index (κ3) is 3.37.